The molecular weight excluding hydrogens is 583 g/mol. The van der Waals surface area contributed by atoms with Crippen molar-refractivity contribution in [1.29, 1.82) is 0 Å². The summed E-state index contributed by atoms with van der Waals surface area (Å²) in [6, 6.07) is 12.4. The standard InChI is InChI=1S/C29H27ClF3NO6S/c1-17-13-26-25(14-19(17)12-18(2)28-23(30)8-5-9-24(28)31)34(16-21(39-26)10-11-27(35)38-3)41(36,37)22-7-4-6-20(15-22)40-29(32)33/h4-9,12-15,21,29H,10-11,16H2,1-3H3/b18-12+. The van der Waals surface area contributed by atoms with Gasteiger partial charge in [-0.25, -0.2) is 12.8 Å². The van der Waals surface area contributed by atoms with E-state index in [1.165, 1.54) is 37.4 Å². The number of ether oxygens (including phenoxy) is 3. The van der Waals surface area contributed by atoms with E-state index in [1.807, 2.05) is 0 Å². The molecule has 1 aliphatic heterocycles. The molecule has 3 aromatic carbocycles. The Bertz CT molecular complexity index is 1580. The van der Waals surface area contributed by atoms with E-state index in [1.54, 1.807) is 38.1 Å². The molecule has 0 saturated carbocycles. The molecule has 0 spiro atoms. The van der Waals surface area contributed by atoms with E-state index < -0.39 is 34.5 Å². The number of fused-ring (bicyclic) bond motifs is 1. The molecule has 0 saturated heterocycles. The predicted molar refractivity (Wildman–Crippen MR) is 149 cm³/mol. The van der Waals surface area contributed by atoms with Gasteiger partial charge in [0, 0.05) is 18.1 Å². The van der Waals surface area contributed by atoms with Crippen LogP contribution in [-0.4, -0.2) is 40.8 Å². The number of nitrogens with zero attached hydrogens (tertiary/aromatic N) is 1. The lowest BCUT2D eigenvalue weighted by atomic mass is 9.99. The van der Waals surface area contributed by atoms with Gasteiger partial charge >= 0.3 is 12.6 Å². The second-order valence-corrected chi connectivity index (χ2v) is 11.6. The fraction of sp³-hybridized carbons (Fsp3) is 0.276. The minimum absolute atomic E-state index is 0.00943. The molecule has 0 radical (unpaired) electrons. The van der Waals surface area contributed by atoms with E-state index >= 15 is 0 Å². The third-order valence-electron chi connectivity index (χ3n) is 6.53. The van der Waals surface area contributed by atoms with Crippen LogP contribution >= 0.6 is 11.6 Å². The van der Waals surface area contributed by atoms with Gasteiger partial charge in [-0.3, -0.25) is 9.10 Å². The average molecular weight is 610 g/mol. The second-order valence-electron chi connectivity index (χ2n) is 9.34. The van der Waals surface area contributed by atoms with E-state index in [4.69, 9.17) is 21.1 Å². The normalized spacial score (nSPS) is 15.4. The summed E-state index contributed by atoms with van der Waals surface area (Å²) in [5.41, 5.74) is 2.19. The highest BCUT2D eigenvalue weighted by Crippen LogP contribution is 2.41. The van der Waals surface area contributed by atoms with Crippen molar-refractivity contribution in [2.75, 3.05) is 18.0 Å². The summed E-state index contributed by atoms with van der Waals surface area (Å²) in [6.07, 6.45) is 1.13. The number of carbonyl (C=O) groups is 1. The largest absolute Gasteiger partial charge is 0.486 e. The Morgan fingerprint density at radius 3 is 2.61 bits per heavy atom. The van der Waals surface area contributed by atoms with E-state index in [9.17, 15) is 26.4 Å². The Kier molecular flexibility index (Phi) is 9.18. The van der Waals surface area contributed by atoms with Crippen LogP contribution < -0.4 is 13.8 Å². The summed E-state index contributed by atoms with van der Waals surface area (Å²) >= 11 is 6.24. The highest BCUT2D eigenvalue weighted by molar-refractivity contribution is 7.92. The predicted octanol–water partition coefficient (Wildman–Crippen LogP) is 6.86. The first kappa shape index (κ1) is 30.3. The van der Waals surface area contributed by atoms with Gasteiger partial charge in [0.25, 0.3) is 10.0 Å². The summed E-state index contributed by atoms with van der Waals surface area (Å²) in [6.45, 7) is 0.166. The molecule has 1 heterocycles. The van der Waals surface area contributed by atoms with Crippen LogP contribution in [-0.2, 0) is 19.6 Å². The first-order valence-corrected chi connectivity index (χ1v) is 14.3. The number of benzene rings is 3. The summed E-state index contributed by atoms with van der Waals surface area (Å²) in [5, 5.41) is 0.223. The summed E-state index contributed by atoms with van der Waals surface area (Å²) in [5.74, 6) is -1.06. The number of rotatable bonds is 9. The molecule has 218 valence electrons. The molecule has 0 fully saturated rings. The van der Waals surface area contributed by atoms with Crippen molar-refractivity contribution >= 4 is 44.9 Å². The van der Waals surface area contributed by atoms with Gasteiger partial charge in [-0.2, -0.15) is 8.78 Å². The van der Waals surface area contributed by atoms with Crippen LogP contribution in [0.25, 0.3) is 11.6 Å². The fourth-order valence-corrected chi connectivity index (χ4v) is 6.35. The van der Waals surface area contributed by atoms with E-state index in [2.05, 4.69) is 4.74 Å². The number of methoxy groups -OCH3 is 1. The monoisotopic (exact) mass is 609 g/mol. The first-order chi connectivity index (χ1) is 19.4. The summed E-state index contributed by atoms with van der Waals surface area (Å²) in [4.78, 5) is 11.5. The number of hydrogen-bond acceptors (Lipinski definition) is 6. The van der Waals surface area contributed by atoms with Gasteiger partial charge in [0.05, 0.1) is 29.3 Å². The number of anilines is 1. The van der Waals surface area contributed by atoms with Crippen LogP contribution in [0.2, 0.25) is 5.02 Å². The van der Waals surface area contributed by atoms with E-state index in [-0.39, 0.29) is 52.1 Å². The molecule has 41 heavy (non-hydrogen) atoms. The molecule has 1 aliphatic rings. The molecule has 0 amide bonds. The zero-order chi connectivity index (χ0) is 29.9. The van der Waals surface area contributed by atoms with Gasteiger partial charge in [0.15, 0.2) is 0 Å². The third-order valence-corrected chi connectivity index (χ3v) is 8.62. The minimum Gasteiger partial charge on any atom is -0.486 e. The topological polar surface area (TPSA) is 82.1 Å². The first-order valence-electron chi connectivity index (χ1n) is 12.5. The number of sulfonamides is 1. The van der Waals surface area contributed by atoms with Gasteiger partial charge in [-0.05, 0) is 73.4 Å². The van der Waals surface area contributed by atoms with Crippen molar-refractivity contribution in [2.45, 2.75) is 44.3 Å². The highest BCUT2D eigenvalue weighted by atomic mass is 35.5. The molecule has 1 atom stereocenters. The van der Waals surface area contributed by atoms with Gasteiger partial charge in [-0.15, -0.1) is 0 Å². The maximum atomic E-state index is 14.6. The lowest BCUT2D eigenvalue weighted by Gasteiger charge is -2.36. The zero-order valence-electron chi connectivity index (χ0n) is 22.4. The van der Waals surface area contributed by atoms with Crippen LogP contribution in [0.1, 0.15) is 36.5 Å². The van der Waals surface area contributed by atoms with Crippen molar-refractivity contribution in [1.82, 2.24) is 0 Å². The van der Waals surface area contributed by atoms with Crippen LogP contribution in [0.15, 0.2) is 59.5 Å². The van der Waals surface area contributed by atoms with Crippen molar-refractivity contribution < 1.29 is 40.6 Å². The van der Waals surface area contributed by atoms with E-state index in [0.29, 0.717) is 16.7 Å². The zero-order valence-corrected chi connectivity index (χ0v) is 23.9. The number of allylic oxidation sites excluding steroid dienone is 1. The molecule has 0 N–H and O–H groups in total. The fourth-order valence-electron chi connectivity index (χ4n) is 4.51. The number of carbonyl (C=O) groups excluding carboxylic acids is 1. The van der Waals surface area contributed by atoms with Crippen molar-refractivity contribution in [3.8, 4) is 11.5 Å². The molecule has 4 rings (SSSR count). The Labute approximate surface area is 241 Å². The van der Waals surface area contributed by atoms with Crippen molar-refractivity contribution in [2.24, 2.45) is 0 Å². The highest BCUT2D eigenvalue weighted by Gasteiger charge is 2.35. The number of esters is 1. The Morgan fingerprint density at radius 1 is 1.20 bits per heavy atom. The molecule has 3 aromatic rings. The number of hydrogen-bond donors (Lipinski definition) is 0. The lowest BCUT2D eigenvalue weighted by Crippen LogP contribution is -2.43. The van der Waals surface area contributed by atoms with Gasteiger partial charge in [0.1, 0.15) is 23.4 Å². The molecule has 0 bridgehead atoms. The van der Waals surface area contributed by atoms with E-state index in [0.717, 1.165) is 10.4 Å². The molecule has 0 aliphatic carbocycles. The SMILES string of the molecule is COC(=O)CCC1CN(S(=O)(=O)c2cccc(OC(F)F)c2)c2cc(/C=C(\C)c3c(F)cccc3Cl)c(C)cc2O1. The van der Waals surface area contributed by atoms with Crippen molar-refractivity contribution in [3.63, 3.8) is 0 Å². The van der Waals surface area contributed by atoms with Gasteiger partial charge in [0.2, 0.25) is 0 Å². The second kappa shape index (κ2) is 12.4. The maximum Gasteiger partial charge on any atom is 0.387 e. The van der Waals surface area contributed by atoms with Gasteiger partial charge in [-0.1, -0.05) is 29.8 Å². The van der Waals surface area contributed by atoms with Crippen LogP contribution in [0, 0.1) is 12.7 Å². The molecule has 1 unspecified atom stereocenters. The minimum atomic E-state index is -4.32. The summed E-state index contributed by atoms with van der Waals surface area (Å²) in [7, 11) is -3.07. The van der Waals surface area contributed by atoms with Crippen LogP contribution in [0.3, 0.4) is 0 Å². The quantitative estimate of drug-likeness (QED) is 0.195. The lowest BCUT2D eigenvalue weighted by molar-refractivity contribution is -0.141. The Morgan fingerprint density at radius 2 is 1.93 bits per heavy atom. The van der Waals surface area contributed by atoms with Crippen LogP contribution in [0.5, 0.6) is 11.5 Å². The molecular formula is C29H27ClF3NO6S. The maximum absolute atomic E-state index is 14.6. The van der Waals surface area contributed by atoms with Crippen LogP contribution in [0.4, 0.5) is 18.9 Å². The number of halogens is 4. The molecule has 12 heteroatoms. The number of aryl methyl sites for hydroxylation is 1. The average Bonchev–Trinajstić information content (AvgIpc) is 2.91. The van der Waals surface area contributed by atoms with Crippen molar-refractivity contribution in [3.05, 3.63) is 82.1 Å². The number of alkyl halides is 2. The molecule has 0 aromatic heterocycles. The summed E-state index contributed by atoms with van der Waals surface area (Å²) < 4.78 is 84.3. The molecule has 7 nitrogen and oxygen atoms in total. The Hall–Kier alpha value is -3.70. The van der Waals surface area contributed by atoms with Gasteiger partial charge < -0.3 is 14.2 Å². The Balaban J connectivity index is 1.81. The third kappa shape index (κ3) is 6.79. The smallest absolute Gasteiger partial charge is 0.387 e.